The van der Waals surface area contributed by atoms with Crippen molar-refractivity contribution >= 4 is 43.6 Å². The number of nitriles is 1. The van der Waals surface area contributed by atoms with Crippen LogP contribution in [0.1, 0.15) is 27.8 Å². The lowest BCUT2D eigenvalue weighted by Crippen LogP contribution is -2.01. The van der Waals surface area contributed by atoms with E-state index in [9.17, 15) is 5.26 Å². The van der Waals surface area contributed by atoms with Gasteiger partial charge in [0.25, 0.3) is 0 Å². The third-order valence-electron chi connectivity index (χ3n) is 11.4. The van der Waals surface area contributed by atoms with E-state index in [0.717, 1.165) is 44.6 Å². The van der Waals surface area contributed by atoms with Gasteiger partial charge in [0.1, 0.15) is 0 Å². The Kier molecular flexibility index (Phi) is 7.73. The van der Waals surface area contributed by atoms with Crippen molar-refractivity contribution in [3.05, 3.63) is 186 Å². The number of pyridine rings is 1. The van der Waals surface area contributed by atoms with Crippen LogP contribution >= 0.6 is 0 Å². The molecule has 0 atom stereocenters. The average molecular weight is 719 g/mol. The molecule has 10 aromatic rings. The Balaban J connectivity index is 1.17. The van der Waals surface area contributed by atoms with Crippen LogP contribution in [0.3, 0.4) is 0 Å². The number of hydrogen-bond donors (Lipinski definition) is 0. The van der Waals surface area contributed by atoms with Gasteiger partial charge in [-0.15, -0.1) is 0 Å². The van der Waals surface area contributed by atoms with Crippen molar-refractivity contribution in [3.8, 4) is 50.8 Å². The van der Waals surface area contributed by atoms with Crippen LogP contribution in [0.2, 0.25) is 0 Å². The second kappa shape index (κ2) is 13.0. The number of rotatable bonds is 5. The summed E-state index contributed by atoms with van der Waals surface area (Å²) in [4.78, 5) is 4.65. The molecule has 0 aliphatic carbocycles. The predicted octanol–water partition coefficient (Wildman–Crippen LogP) is 13.4. The molecule has 0 unspecified atom stereocenters. The number of para-hydroxylation sites is 2. The van der Waals surface area contributed by atoms with E-state index in [1.54, 1.807) is 0 Å². The number of nitrogens with zero attached hydrogens (tertiary/aromatic N) is 4. The van der Waals surface area contributed by atoms with E-state index >= 15 is 0 Å². The zero-order chi connectivity index (χ0) is 38.1. The van der Waals surface area contributed by atoms with Crippen molar-refractivity contribution < 1.29 is 0 Å². The van der Waals surface area contributed by atoms with Gasteiger partial charge >= 0.3 is 0 Å². The summed E-state index contributed by atoms with van der Waals surface area (Å²) in [5.41, 5.74) is 18.6. The van der Waals surface area contributed by atoms with E-state index in [4.69, 9.17) is 0 Å². The molecule has 0 saturated heterocycles. The normalized spacial score (nSPS) is 11.6. The zero-order valence-electron chi connectivity index (χ0n) is 31.8. The van der Waals surface area contributed by atoms with Gasteiger partial charge in [-0.05, 0) is 122 Å². The molecule has 0 N–H and O–H groups in total. The molecule has 0 fully saturated rings. The van der Waals surface area contributed by atoms with Gasteiger partial charge in [-0.3, -0.25) is 4.98 Å². The smallest absolute Gasteiger partial charge is 0.0998 e. The molecule has 4 heteroatoms. The van der Waals surface area contributed by atoms with Crippen LogP contribution in [0.25, 0.3) is 88.4 Å². The predicted molar refractivity (Wildman–Crippen MR) is 233 cm³/mol. The van der Waals surface area contributed by atoms with Gasteiger partial charge in [0.05, 0.1) is 39.4 Å². The van der Waals surface area contributed by atoms with Crippen LogP contribution in [0.15, 0.2) is 158 Å². The highest BCUT2D eigenvalue weighted by Gasteiger charge is 2.20. The molecule has 10 rings (SSSR count). The summed E-state index contributed by atoms with van der Waals surface area (Å²) in [6.07, 6.45) is 3.75. The van der Waals surface area contributed by atoms with Gasteiger partial charge < -0.3 is 9.13 Å². The van der Waals surface area contributed by atoms with Crippen LogP contribution < -0.4 is 0 Å². The van der Waals surface area contributed by atoms with E-state index in [2.05, 4.69) is 187 Å². The minimum atomic E-state index is 0.596. The zero-order valence-corrected chi connectivity index (χ0v) is 31.8. The maximum Gasteiger partial charge on any atom is 0.0998 e. The van der Waals surface area contributed by atoms with Crippen molar-refractivity contribution in [2.45, 2.75) is 27.7 Å². The van der Waals surface area contributed by atoms with Crippen molar-refractivity contribution in [2.24, 2.45) is 0 Å². The molecule has 0 aliphatic rings. The van der Waals surface area contributed by atoms with Crippen LogP contribution in [-0.4, -0.2) is 14.1 Å². The Morgan fingerprint density at radius 1 is 0.464 bits per heavy atom. The molecule has 3 heterocycles. The summed E-state index contributed by atoms with van der Waals surface area (Å²) in [5, 5.41) is 15.3. The van der Waals surface area contributed by atoms with E-state index in [1.807, 2.05) is 18.5 Å². The van der Waals surface area contributed by atoms with E-state index in [0.29, 0.717) is 5.56 Å². The van der Waals surface area contributed by atoms with Gasteiger partial charge in [-0.1, -0.05) is 96.1 Å². The summed E-state index contributed by atoms with van der Waals surface area (Å²) < 4.78 is 4.66. The highest BCUT2D eigenvalue weighted by atomic mass is 15.0. The van der Waals surface area contributed by atoms with E-state index in [1.165, 1.54) is 66.1 Å². The van der Waals surface area contributed by atoms with E-state index < -0.39 is 0 Å². The second-order valence-corrected chi connectivity index (χ2v) is 15.0. The minimum Gasteiger partial charge on any atom is -0.309 e. The second-order valence-electron chi connectivity index (χ2n) is 15.0. The van der Waals surface area contributed by atoms with E-state index in [-0.39, 0.29) is 0 Å². The molecule has 7 aromatic carbocycles. The molecule has 0 bridgehead atoms. The highest BCUT2D eigenvalue weighted by Crippen LogP contribution is 2.41. The lowest BCUT2D eigenvalue weighted by Gasteiger charge is -2.16. The Bertz CT molecular complexity index is 3260. The molecule has 4 nitrogen and oxygen atoms in total. The number of aryl methyl sites for hydroxylation is 4. The van der Waals surface area contributed by atoms with Crippen LogP contribution in [0, 0.1) is 39.0 Å². The quantitative estimate of drug-likeness (QED) is 0.178. The maximum absolute atomic E-state index is 10.6. The topological polar surface area (TPSA) is 46.5 Å². The van der Waals surface area contributed by atoms with Crippen molar-refractivity contribution in [3.63, 3.8) is 0 Å². The molecule has 3 aromatic heterocycles. The SMILES string of the molecule is Cc1ccc(-c2ccc3c(c2)c2ccccc2n3-c2ccc(C#N)c(-c3cnccc3-n3c4ccccc4c4cc(-c5ccc(C)cc5C)ccc43)c2)c(C)c1. The molecule has 0 aliphatic heterocycles. The van der Waals surface area contributed by atoms with Crippen LogP contribution in [0.5, 0.6) is 0 Å². The Morgan fingerprint density at radius 2 is 1.02 bits per heavy atom. The van der Waals surface area contributed by atoms with Gasteiger partial charge in [-0.2, -0.15) is 5.26 Å². The van der Waals surface area contributed by atoms with Crippen LogP contribution in [-0.2, 0) is 0 Å². The highest BCUT2D eigenvalue weighted by molar-refractivity contribution is 6.12. The molecule has 56 heavy (non-hydrogen) atoms. The van der Waals surface area contributed by atoms with Crippen LogP contribution in [0.4, 0.5) is 0 Å². The average Bonchev–Trinajstić information content (AvgIpc) is 3.73. The Hall–Kier alpha value is -7.22. The largest absolute Gasteiger partial charge is 0.309 e. The fraction of sp³-hybridized carbons (Fsp3) is 0.0769. The third-order valence-corrected chi connectivity index (χ3v) is 11.4. The summed E-state index contributed by atoms with van der Waals surface area (Å²) in [6.45, 7) is 8.64. The number of benzene rings is 7. The minimum absolute atomic E-state index is 0.596. The number of aromatic nitrogens is 3. The maximum atomic E-state index is 10.6. The lowest BCUT2D eigenvalue weighted by atomic mass is 9.97. The van der Waals surface area contributed by atoms with Crippen molar-refractivity contribution in [2.75, 3.05) is 0 Å². The van der Waals surface area contributed by atoms with Crippen molar-refractivity contribution in [1.82, 2.24) is 14.1 Å². The molecule has 0 amide bonds. The first-order valence-electron chi connectivity index (χ1n) is 19.1. The molecule has 0 radical (unpaired) electrons. The summed E-state index contributed by atoms with van der Waals surface area (Å²) in [6, 6.07) is 54.8. The van der Waals surface area contributed by atoms with Crippen molar-refractivity contribution in [1.29, 1.82) is 5.26 Å². The third kappa shape index (κ3) is 5.24. The number of hydrogen-bond acceptors (Lipinski definition) is 2. The molecular formula is C52H38N4. The fourth-order valence-corrected chi connectivity index (χ4v) is 8.87. The summed E-state index contributed by atoms with van der Waals surface area (Å²) in [7, 11) is 0. The monoisotopic (exact) mass is 718 g/mol. The lowest BCUT2D eigenvalue weighted by molar-refractivity contribution is 1.15. The summed E-state index contributed by atoms with van der Waals surface area (Å²) in [5.74, 6) is 0. The Morgan fingerprint density at radius 3 is 1.61 bits per heavy atom. The first kappa shape index (κ1) is 33.4. The standard InChI is InChI=1S/C52H38N4/c1-32-13-19-40(34(3)25-32)36-16-21-50-45(27-36)42-9-5-7-11-48(42)55(50)39-18-15-38(30-53)44(29-39)47-31-54-24-23-52(47)56-49-12-8-6-10-43(49)46-28-37(17-22-51(46)56)41-20-14-33(2)26-35(41)4/h5-29,31H,1-4H3. The molecular weight excluding hydrogens is 681 g/mol. The molecule has 266 valence electrons. The van der Waals surface area contributed by atoms with Gasteiger partial charge in [0.2, 0.25) is 0 Å². The Labute approximate surface area is 326 Å². The fourth-order valence-electron chi connectivity index (χ4n) is 8.87. The first-order chi connectivity index (χ1) is 27.4. The number of fused-ring (bicyclic) bond motifs is 6. The molecule has 0 spiro atoms. The van der Waals surface area contributed by atoms with Gasteiger partial charge in [-0.25, -0.2) is 0 Å². The summed E-state index contributed by atoms with van der Waals surface area (Å²) >= 11 is 0. The molecule has 0 saturated carbocycles. The van der Waals surface area contributed by atoms with Gasteiger partial charge in [0, 0.05) is 50.8 Å². The first-order valence-corrected chi connectivity index (χ1v) is 19.1. The van der Waals surface area contributed by atoms with Gasteiger partial charge in [0.15, 0.2) is 0 Å².